The Balaban J connectivity index is 1.68. The van der Waals surface area contributed by atoms with Gasteiger partial charge in [-0.3, -0.25) is 4.79 Å². The highest BCUT2D eigenvalue weighted by molar-refractivity contribution is 7.16. The molecule has 1 amide bonds. The lowest BCUT2D eigenvalue weighted by atomic mass is 10.1. The number of rotatable bonds is 2. The molecule has 1 aliphatic rings. The third-order valence-corrected chi connectivity index (χ3v) is 5.03. The summed E-state index contributed by atoms with van der Waals surface area (Å²) in [7, 11) is 1.96. The van der Waals surface area contributed by atoms with Gasteiger partial charge in [0.1, 0.15) is 11.9 Å². The summed E-state index contributed by atoms with van der Waals surface area (Å²) in [6.07, 6.45) is 3.69. The van der Waals surface area contributed by atoms with E-state index in [1.807, 2.05) is 40.9 Å². The fourth-order valence-corrected chi connectivity index (χ4v) is 3.75. The smallest absolute Gasteiger partial charge is 0.254 e. The highest BCUT2D eigenvalue weighted by Gasteiger charge is 2.31. The molecule has 1 atom stereocenters. The van der Waals surface area contributed by atoms with Crippen molar-refractivity contribution in [1.29, 1.82) is 0 Å². The average molecular weight is 327 g/mol. The molecule has 23 heavy (non-hydrogen) atoms. The molecule has 0 bridgehead atoms. The van der Waals surface area contributed by atoms with E-state index in [9.17, 15) is 4.79 Å². The van der Waals surface area contributed by atoms with E-state index >= 15 is 0 Å². The second kappa shape index (κ2) is 5.75. The number of imidazole rings is 1. The van der Waals surface area contributed by atoms with E-state index in [0.29, 0.717) is 12.1 Å². The van der Waals surface area contributed by atoms with Gasteiger partial charge in [-0.25, -0.2) is 9.97 Å². The number of amides is 1. The van der Waals surface area contributed by atoms with Gasteiger partial charge in [0.2, 0.25) is 0 Å². The molecule has 0 saturated carbocycles. The van der Waals surface area contributed by atoms with Crippen LogP contribution in [-0.4, -0.2) is 45.0 Å². The van der Waals surface area contributed by atoms with Crippen molar-refractivity contribution in [1.82, 2.24) is 24.8 Å². The maximum Gasteiger partial charge on any atom is 0.254 e. The predicted molar refractivity (Wildman–Crippen MR) is 89.5 cm³/mol. The van der Waals surface area contributed by atoms with Crippen molar-refractivity contribution in [2.45, 2.75) is 6.04 Å². The van der Waals surface area contributed by atoms with Gasteiger partial charge in [0, 0.05) is 44.6 Å². The Bertz CT molecular complexity index is 855. The molecule has 1 unspecified atom stereocenters. The molecular weight excluding hydrogens is 310 g/mol. The van der Waals surface area contributed by atoms with Gasteiger partial charge < -0.3 is 14.8 Å². The molecule has 1 aromatic carbocycles. The number of piperazine rings is 1. The van der Waals surface area contributed by atoms with Gasteiger partial charge in [0.25, 0.3) is 5.91 Å². The number of aryl methyl sites for hydroxylation is 1. The molecule has 0 radical (unpaired) electrons. The summed E-state index contributed by atoms with van der Waals surface area (Å²) in [6.45, 7) is 2.20. The molecule has 1 fully saturated rings. The number of hydrogen-bond acceptors (Lipinski definition) is 5. The van der Waals surface area contributed by atoms with Gasteiger partial charge in [-0.15, -0.1) is 11.3 Å². The highest BCUT2D eigenvalue weighted by Crippen LogP contribution is 2.25. The first-order chi connectivity index (χ1) is 11.2. The second-order valence-corrected chi connectivity index (χ2v) is 6.54. The van der Waals surface area contributed by atoms with Crippen LogP contribution in [-0.2, 0) is 7.05 Å². The van der Waals surface area contributed by atoms with Crippen LogP contribution in [0.1, 0.15) is 22.2 Å². The summed E-state index contributed by atoms with van der Waals surface area (Å²) in [6, 6.07) is 5.67. The lowest BCUT2D eigenvalue weighted by Gasteiger charge is -2.35. The molecular formula is C16H17N5OS. The van der Waals surface area contributed by atoms with E-state index in [4.69, 9.17) is 0 Å². The molecule has 1 N–H and O–H groups in total. The quantitative estimate of drug-likeness (QED) is 0.780. The maximum atomic E-state index is 13.0. The van der Waals surface area contributed by atoms with Crippen LogP contribution < -0.4 is 5.32 Å². The molecule has 3 aromatic rings. The summed E-state index contributed by atoms with van der Waals surface area (Å²) in [5, 5.41) is 3.36. The Kier molecular flexibility index (Phi) is 3.59. The van der Waals surface area contributed by atoms with Crippen molar-refractivity contribution in [3.63, 3.8) is 0 Å². The van der Waals surface area contributed by atoms with Crippen molar-refractivity contribution in [3.8, 4) is 0 Å². The molecule has 4 rings (SSSR count). The number of nitrogens with one attached hydrogen (secondary N) is 1. The van der Waals surface area contributed by atoms with Crippen molar-refractivity contribution in [2.24, 2.45) is 7.05 Å². The van der Waals surface area contributed by atoms with E-state index in [-0.39, 0.29) is 11.9 Å². The molecule has 2 aromatic heterocycles. The minimum Gasteiger partial charge on any atom is -0.336 e. The Morgan fingerprint density at radius 3 is 3.13 bits per heavy atom. The summed E-state index contributed by atoms with van der Waals surface area (Å²) < 4.78 is 3.02. The molecule has 0 aliphatic carbocycles. The van der Waals surface area contributed by atoms with E-state index < -0.39 is 0 Å². The zero-order valence-corrected chi connectivity index (χ0v) is 13.6. The van der Waals surface area contributed by atoms with E-state index in [1.54, 1.807) is 23.0 Å². The Morgan fingerprint density at radius 1 is 1.39 bits per heavy atom. The first-order valence-corrected chi connectivity index (χ1v) is 8.44. The zero-order valence-electron chi connectivity index (χ0n) is 12.8. The van der Waals surface area contributed by atoms with Gasteiger partial charge in [0.15, 0.2) is 0 Å². The molecule has 3 heterocycles. The number of benzene rings is 1. The standard InChI is InChI=1S/C16H17N5OS/c1-20-6-5-18-15(20)13-9-17-4-7-21(13)16(22)11-2-3-12-14(8-11)23-10-19-12/h2-3,5-6,8,10,13,17H,4,7,9H2,1H3. The lowest BCUT2D eigenvalue weighted by molar-refractivity contribution is 0.0621. The van der Waals surface area contributed by atoms with Crippen LogP contribution in [0.4, 0.5) is 0 Å². The fraction of sp³-hybridized carbons (Fsp3) is 0.312. The predicted octanol–water partition coefficient (Wildman–Crippen LogP) is 1.82. The highest BCUT2D eigenvalue weighted by atomic mass is 32.1. The third kappa shape index (κ3) is 2.51. The zero-order chi connectivity index (χ0) is 15.8. The fourth-order valence-electron chi connectivity index (χ4n) is 3.03. The Hall–Kier alpha value is -2.25. The van der Waals surface area contributed by atoms with E-state index in [0.717, 1.165) is 29.1 Å². The normalized spacial score (nSPS) is 18.5. The van der Waals surface area contributed by atoms with Crippen LogP contribution in [0.3, 0.4) is 0 Å². The summed E-state index contributed by atoms with van der Waals surface area (Å²) in [5.74, 6) is 0.958. The largest absolute Gasteiger partial charge is 0.336 e. The summed E-state index contributed by atoms with van der Waals surface area (Å²) >= 11 is 1.56. The van der Waals surface area contributed by atoms with Gasteiger partial charge in [-0.2, -0.15) is 0 Å². The number of aromatic nitrogens is 3. The lowest BCUT2D eigenvalue weighted by Crippen LogP contribution is -2.49. The van der Waals surface area contributed by atoms with Crippen molar-refractivity contribution in [3.05, 3.63) is 47.5 Å². The molecule has 0 spiro atoms. The number of fused-ring (bicyclic) bond motifs is 1. The minimum atomic E-state index is -0.0478. The maximum absolute atomic E-state index is 13.0. The number of hydrogen-bond donors (Lipinski definition) is 1. The van der Waals surface area contributed by atoms with Crippen molar-refractivity contribution >= 4 is 27.5 Å². The van der Waals surface area contributed by atoms with Crippen LogP contribution in [0.25, 0.3) is 10.2 Å². The second-order valence-electron chi connectivity index (χ2n) is 5.65. The SMILES string of the molecule is Cn1ccnc1C1CNCCN1C(=O)c1ccc2ncsc2c1. The Morgan fingerprint density at radius 2 is 2.30 bits per heavy atom. The van der Waals surface area contributed by atoms with Crippen LogP contribution in [0, 0.1) is 0 Å². The van der Waals surface area contributed by atoms with Gasteiger partial charge in [0.05, 0.1) is 15.7 Å². The van der Waals surface area contributed by atoms with Crippen LogP contribution in [0.5, 0.6) is 0 Å². The van der Waals surface area contributed by atoms with Gasteiger partial charge in [-0.1, -0.05) is 0 Å². The summed E-state index contributed by atoms with van der Waals surface area (Å²) in [4.78, 5) is 23.6. The van der Waals surface area contributed by atoms with E-state index in [1.165, 1.54) is 0 Å². The first-order valence-electron chi connectivity index (χ1n) is 7.56. The molecule has 1 aliphatic heterocycles. The average Bonchev–Trinajstić information content (AvgIpc) is 3.22. The first kappa shape index (κ1) is 14.3. The van der Waals surface area contributed by atoms with Gasteiger partial charge >= 0.3 is 0 Å². The Labute approximate surface area is 137 Å². The van der Waals surface area contributed by atoms with Crippen molar-refractivity contribution < 1.29 is 4.79 Å². The minimum absolute atomic E-state index is 0.0478. The molecule has 118 valence electrons. The molecule has 6 nitrogen and oxygen atoms in total. The topological polar surface area (TPSA) is 63.1 Å². The van der Waals surface area contributed by atoms with Crippen LogP contribution in [0.2, 0.25) is 0 Å². The number of thiazole rings is 1. The summed E-state index contributed by atoms with van der Waals surface area (Å²) in [5.41, 5.74) is 3.45. The van der Waals surface area contributed by atoms with Gasteiger partial charge in [-0.05, 0) is 18.2 Å². The van der Waals surface area contributed by atoms with Crippen LogP contribution in [0.15, 0.2) is 36.1 Å². The molecule has 1 saturated heterocycles. The third-order valence-electron chi connectivity index (χ3n) is 4.24. The van der Waals surface area contributed by atoms with Crippen LogP contribution >= 0.6 is 11.3 Å². The van der Waals surface area contributed by atoms with E-state index in [2.05, 4.69) is 15.3 Å². The number of nitrogens with zero attached hydrogens (tertiary/aromatic N) is 4. The van der Waals surface area contributed by atoms with Crippen molar-refractivity contribution in [2.75, 3.05) is 19.6 Å². The number of carbonyl (C=O) groups excluding carboxylic acids is 1. The number of carbonyl (C=O) groups is 1. The molecule has 7 heteroatoms. The monoisotopic (exact) mass is 327 g/mol.